The summed E-state index contributed by atoms with van der Waals surface area (Å²) in [6, 6.07) is 21.4. The Kier molecular flexibility index (Phi) is 5.21. The van der Waals surface area contributed by atoms with Crippen LogP contribution in [-0.2, 0) is 15.6 Å². The molecule has 33 heavy (non-hydrogen) atoms. The average Bonchev–Trinajstić information content (AvgIpc) is 3.23. The van der Waals surface area contributed by atoms with Gasteiger partial charge in [0, 0.05) is 25.2 Å². The highest BCUT2D eigenvalue weighted by atomic mass is 28.2. The zero-order valence-electron chi connectivity index (χ0n) is 19.7. The summed E-state index contributed by atoms with van der Waals surface area (Å²) in [5.74, 6) is -0.0704. The van der Waals surface area contributed by atoms with E-state index in [1.807, 2.05) is 24.3 Å². The first-order chi connectivity index (χ1) is 15.8. The Morgan fingerprint density at radius 2 is 1.64 bits per heavy atom. The second-order valence-corrected chi connectivity index (χ2v) is 10.4. The van der Waals surface area contributed by atoms with Gasteiger partial charge < -0.3 is 13.7 Å². The van der Waals surface area contributed by atoms with Crippen LogP contribution in [0.5, 0.6) is 0 Å². The molecule has 2 fully saturated rings. The quantitative estimate of drug-likeness (QED) is 0.545. The number of anilines is 1. The molecule has 3 aromatic rings. The van der Waals surface area contributed by atoms with Crippen molar-refractivity contribution < 1.29 is 13.6 Å². The van der Waals surface area contributed by atoms with Crippen molar-refractivity contribution in [3.63, 3.8) is 0 Å². The van der Waals surface area contributed by atoms with Crippen molar-refractivity contribution in [2.24, 2.45) is 5.41 Å². The number of oxazole rings is 1. The number of likely N-dealkylation sites (tertiary alicyclic amines) is 1. The van der Waals surface area contributed by atoms with E-state index in [2.05, 4.69) is 67.1 Å². The first-order valence-electron chi connectivity index (χ1n) is 11.5. The van der Waals surface area contributed by atoms with Crippen molar-refractivity contribution in [3.05, 3.63) is 83.7 Å². The third-order valence-corrected chi connectivity index (χ3v) is 8.04. The fraction of sp³-hybridized carbons (Fsp3) is 0.385. The molecule has 0 saturated carbocycles. The van der Waals surface area contributed by atoms with Crippen LogP contribution in [0, 0.1) is 5.41 Å². The molecular formula is C26H31N3O3Si. The molecule has 2 aromatic carbocycles. The average molecular weight is 462 g/mol. The molecule has 7 heteroatoms. The number of hydrogen-bond donors (Lipinski definition) is 0. The number of rotatable bonds is 5. The van der Waals surface area contributed by atoms with Crippen LogP contribution in [0.3, 0.4) is 0 Å². The Bertz CT molecular complexity index is 1140. The van der Waals surface area contributed by atoms with E-state index in [9.17, 15) is 4.79 Å². The molecule has 2 aliphatic heterocycles. The minimum atomic E-state index is -0.804. The summed E-state index contributed by atoms with van der Waals surface area (Å²) in [4.78, 5) is 21.3. The first-order valence-corrected chi connectivity index (χ1v) is 12.4. The number of aromatic nitrogens is 1. The highest BCUT2D eigenvalue weighted by Crippen LogP contribution is 2.64. The van der Waals surface area contributed by atoms with Crippen LogP contribution in [0.15, 0.2) is 71.3 Å². The largest absolute Gasteiger partial charge is 0.431 e. The summed E-state index contributed by atoms with van der Waals surface area (Å²) in [6.45, 7) is 9.03. The predicted octanol–water partition coefficient (Wildman–Crippen LogP) is 3.47. The number of carbonyl (C=O) groups excluding carboxylic acids is 1. The molecule has 3 heterocycles. The lowest BCUT2D eigenvalue weighted by Gasteiger charge is -2.69. The van der Waals surface area contributed by atoms with Crippen molar-refractivity contribution in [2.75, 3.05) is 24.5 Å². The third kappa shape index (κ3) is 3.02. The standard InChI is InChI=1S/C26H31N3O3Si/c1-24(2,3)25(19-11-6-4-7-12-19)18-29(26(25,32-33)20-13-8-5-9-14-20)23-27-21(17-31-23)22(30)28-15-10-16-28/h4-9,11-14,17H,10,15-16,18H2,1-3,33H3. The molecule has 6 nitrogen and oxygen atoms in total. The Balaban J connectivity index is 1.66. The van der Waals surface area contributed by atoms with Crippen molar-refractivity contribution in [1.29, 1.82) is 0 Å². The molecule has 5 rings (SSSR count). The van der Waals surface area contributed by atoms with Gasteiger partial charge in [-0.25, -0.2) is 0 Å². The Morgan fingerprint density at radius 3 is 2.15 bits per heavy atom. The Hall–Kier alpha value is -2.90. The van der Waals surface area contributed by atoms with Gasteiger partial charge in [0.15, 0.2) is 11.4 Å². The first kappa shape index (κ1) is 21.9. The molecule has 0 N–H and O–H groups in total. The second kappa shape index (κ2) is 7.85. The summed E-state index contributed by atoms with van der Waals surface area (Å²) < 4.78 is 12.6. The number of amides is 1. The van der Waals surface area contributed by atoms with E-state index < -0.39 is 5.72 Å². The van der Waals surface area contributed by atoms with Crippen molar-refractivity contribution in [2.45, 2.75) is 38.3 Å². The maximum Gasteiger partial charge on any atom is 0.300 e. The fourth-order valence-electron chi connectivity index (χ4n) is 5.62. The number of carbonyl (C=O) groups is 1. The van der Waals surface area contributed by atoms with Gasteiger partial charge in [-0.05, 0) is 17.4 Å². The van der Waals surface area contributed by atoms with Gasteiger partial charge in [-0.15, -0.1) is 0 Å². The van der Waals surface area contributed by atoms with Crippen LogP contribution in [-0.4, -0.2) is 45.9 Å². The molecule has 1 aromatic heterocycles. The molecule has 0 radical (unpaired) electrons. The number of benzene rings is 2. The maximum absolute atomic E-state index is 12.7. The minimum absolute atomic E-state index is 0.0704. The zero-order chi connectivity index (χ0) is 23.3. The number of nitrogens with zero attached hydrogens (tertiary/aromatic N) is 3. The third-order valence-electron chi connectivity index (χ3n) is 7.45. The van der Waals surface area contributed by atoms with E-state index in [-0.39, 0.29) is 16.7 Å². The SMILES string of the molecule is CC(C)(C)C1(c2ccccc2)CN(c2nc(C(=O)N3CCC3)co2)C1(O[SiH3])c1ccccc1. The van der Waals surface area contributed by atoms with E-state index in [4.69, 9.17) is 8.84 Å². The van der Waals surface area contributed by atoms with E-state index in [0.29, 0.717) is 28.7 Å². The minimum Gasteiger partial charge on any atom is -0.431 e. The molecule has 1 amide bonds. The van der Waals surface area contributed by atoms with Gasteiger partial charge in [-0.2, -0.15) is 4.98 Å². The van der Waals surface area contributed by atoms with Crippen LogP contribution in [0.4, 0.5) is 6.01 Å². The normalized spacial score (nSPS) is 24.9. The van der Waals surface area contributed by atoms with E-state index >= 15 is 0 Å². The van der Waals surface area contributed by atoms with Crippen LogP contribution in [0.25, 0.3) is 0 Å². The van der Waals surface area contributed by atoms with Crippen LogP contribution < -0.4 is 4.90 Å². The van der Waals surface area contributed by atoms with Gasteiger partial charge in [-0.3, -0.25) is 9.69 Å². The van der Waals surface area contributed by atoms with Crippen LogP contribution in [0.2, 0.25) is 0 Å². The Morgan fingerprint density at radius 1 is 1.03 bits per heavy atom. The van der Waals surface area contributed by atoms with E-state index in [1.165, 1.54) is 11.8 Å². The maximum atomic E-state index is 12.7. The molecule has 0 bridgehead atoms. The van der Waals surface area contributed by atoms with Crippen LogP contribution >= 0.6 is 0 Å². The zero-order valence-corrected chi connectivity index (χ0v) is 21.7. The van der Waals surface area contributed by atoms with Crippen molar-refractivity contribution >= 4 is 22.4 Å². The molecule has 2 saturated heterocycles. The molecule has 0 spiro atoms. The molecule has 2 unspecified atom stereocenters. The fourth-order valence-corrected chi connectivity index (χ4v) is 6.43. The van der Waals surface area contributed by atoms with Gasteiger partial charge in [0.1, 0.15) is 16.7 Å². The summed E-state index contributed by atoms with van der Waals surface area (Å²) in [6.07, 6.45) is 2.53. The summed E-state index contributed by atoms with van der Waals surface area (Å²) in [5.41, 5.74) is 1.32. The van der Waals surface area contributed by atoms with E-state index in [1.54, 1.807) is 4.90 Å². The molecule has 0 aliphatic carbocycles. The molecule has 2 aliphatic rings. The summed E-state index contributed by atoms with van der Waals surface area (Å²) >= 11 is 0. The van der Waals surface area contributed by atoms with Crippen LogP contribution in [0.1, 0.15) is 48.8 Å². The van der Waals surface area contributed by atoms with Gasteiger partial charge in [-0.1, -0.05) is 81.4 Å². The van der Waals surface area contributed by atoms with Gasteiger partial charge in [0.25, 0.3) is 5.91 Å². The lowest BCUT2D eigenvalue weighted by molar-refractivity contribution is -0.133. The molecular weight excluding hydrogens is 430 g/mol. The van der Waals surface area contributed by atoms with Gasteiger partial charge in [0.2, 0.25) is 0 Å². The topological polar surface area (TPSA) is 58.8 Å². The smallest absolute Gasteiger partial charge is 0.300 e. The van der Waals surface area contributed by atoms with E-state index in [0.717, 1.165) is 25.1 Å². The van der Waals surface area contributed by atoms with Crippen molar-refractivity contribution in [3.8, 4) is 0 Å². The monoisotopic (exact) mass is 461 g/mol. The van der Waals surface area contributed by atoms with Crippen molar-refractivity contribution in [1.82, 2.24) is 9.88 Å². The lowest BCUT2D eigenvalue weighted by Crippen LogP contribution is -2.80. The summed E-state index contributed by atoms with van der Waals surface area (Å²) in [5, 5.41) is 0. The second-order valence-electron chi connectivity index (χ2n) is 9.98. The van der Waals surface area contributed by atoms with Gasteiger partial charge >= 0.3 is 6.01 Å². The Labute approximate surface area is 198 Å². The lowest BCUT2D eigenvalue weighted by atomic mass is 9.50. The molecule has 2 atom stereocenters. The highest BCUT2D eigenvalue weighted by Gasteiger charge is 2.72. The molecule has 172 valence electrons. The highest BCUT2D eigenvalue weighted by molar-refractivity contribution is 5.99. The van der Waals surface area contributed by atoms with Gasteiger partial charge in [0.05, 0.1) is 5.41 Å². The number of hydrogen-bond acceptors (Lipinski definition) is 5. The predicted molar refractivity (Wildman–Crippen MR) is 131 cm³/mol. The summed E-state index contributed by atoms with van der Waals surface area (Å²) in [7, 11) is 0.512.